The fourth-order valence-corrected chi connectivity index (χ4v) is 7.14. The Kier molecular flexibility index (Phi) is 8.65. The van der Waals surface area contributed by atoms with Gasteiger partial charge in [0.05, 0.1) is 11.6 Å². The highest BCUT2D eigenvalue weighted by Gasteiger charge is 2.45. The summed E-state index contributed by atoms with van der Waals surface area (Å²) in [5.41, 5.74) is 1.01. The number of likely N-dealkylation sites (tertiary alicyclic amines) is 1. The zero-order valence-electron chi connectivity index (χ0n) is 25.9. The summed E-state index contributed by atoms with van der Waals surface area (Å²) < 4.78 is 47.6. The van der Waals surface area contributed by atoms with Crippen LogP contribution in [0.2, 0.25) is 0 Å². The highest BCUT2D eigenvalue weighted by atomic mass is 19.1. The lowest BCUT2D eigenvalue weighted by Gasteiger charge is -2.52. The van der Waals surface area contributed by atoms with Gasteiger partial charge in [-0.3, -0.25) is 9.59 Å². The summed E-state index contributed by atoms with van der Waals surface area (Å²) in [4.78, 5) is 31.3. The Bertz CT molecular complexity index is 1520. The Labute approximate surface area is 261 Å². The van der Waals surface area contributed by atoms with E-state index in [-0.39, 0.29) is 28.9 Å². The number of halogens is 3. The third-order valence-electron chi connectivity index (χ3n) is 9.70. The standard InChI is InChI=1S/C34H40F3N5O3/c1-20(2)30(28-17-29(40-45-28)41-18-34(19-41)10-12-38-13-11-34)33(44)42-14-4-5-27(42)32(43)39-21(3)22-6-8-23(9-7-22)31-25(36)15-24(35)16-26(31)37/h6-9,15-17,20-21,27,30,38H,4-5,10-14,18-19H2,1-3H3,(H,39,43). The second-order valence-electron chi connectivity index (χ2n) is 13.2. The van der Waals surface area contributed by atoms with Crippen molar-refractivity contribution in [3.8, 4) is 11.1 Å². The van der Waals surface area contributed by atoms with Crippen LogP contribution in [0.25, 0.3) is 11.1 Å². The second-order valence-corrected chi connectivity index (χ2v) is 13.2. The number of hydrogen-bond donors (Lipinski definition) is 2. The van der Waals surface area contributed by atoms with Gasteiger partial charge in [0.25, 0.3) is 0 Å². The number of nitrogens with zero attached hydrogens (tertiary/aromatic N) is 3. The van der Waals surface area contributed by atoms with Gasteiger partial charge in [0.1, 0.15) is 29.4 Å². The van der Waals surface area contributed by atoms with Crippen molar-refractivity contribution in [2.45, 2.75) is 64.5 Å². The van der Waals surface area contributed by atoms with Crippen LogP contribution in [-0.2, 0) is 9.59 Å². The largest absolute Gasteiger partial charge is 0.358 e. The van der Waals surface area contributed by atoms with E-state index in [1.807, 2.05) is 26.8 Å². The molecule has 1 spiro atoms. The molecule has 3 aromatic rings. The molecule has 240 valence electrons. The van der Waals surface area contributed by atoms with Crippen molar-refractivity contribution in [3.63, 3.8) is 0 Å². The number of piperidine rings is 1. The topological polar surface area (TPSA) is 90.7 Å². The number of carbonyl (C=O) groups excluding carboxylic acids is 2. The molecule has 3 unspecified atom stereocenters. The summed E-state index contributed by atoms with van der Waals surface area (Å²) in [5, 5.41) is 10.7. The van der Waals surface area contributed by atoms with Crippen LogP contribution in [0.4, 0.5) is 19.0 Å². The Morgan fingerprint density at radius 1 is 1.02 bits per heavy atom. The van der Waals surface area contributed by atoms with Crippen molar-refractivity contribution in [2.24, 2.45) is 11.3 Å². The first-order valence-electron chi connectivity index (χ1n) is 15.8. The number of carbonyl (C=O) groups is 2. The average molecular weight is 624 g/mol. The van der Waals surface area contributed by atoms with E-state index in [9.17, 15) is 22.8 Å². The molecule has 0 radical (unpaired) electrons. The molecule has 6 rings (SSSR count). The van der Waals surface area contributed by atoms with Gasteiger partial charge in [0, 0.05) is 43.2 Å². The monoisotopic (exact) mass is 623 g/mol. The summed E-state index contributed by atoms with van der Waals surface area (Å²) >= 11 is 0. The van der Waals surface area contributed by atoms with Gasteiger partial charge in [-0.05, 0) is 62.7 Å². The molecular formula is C34H40F3N5O3. The zero-order chi connectivity index (χ0) is 31.9. The molecule has 2 N–H and O–H groups in total. The molecule has 8 nitrogen and oxygen atoms in total. The van der Waals surface area contributed by atoms with E-state index in [0.29, 0.717) is 42.7 Å². The first-order valence-corrected chi connectivity index (χ1v) is 15.8. The second kappa shape index (κ2) is 12.5. The minimum atomic E-state index is -0.986. The summed E-state index contributed by atoms with van der Waals surface area (Å²) in [6.45, 7) is 10.2. The molecule has 3 aliphatic heterocycles. The predicted octanol–water partition coefficient (Wildman–Crippen LogP) is 5.56. The Balaban J connectivity index is 1.10. The highest BCUT2D eigenvalue weighted by Crippen LogP contribution is 2.42. The lowest BCUT2D eigenvalue weighted by molar-refractivity contribution is -0.141. The lowest BCUT2D eigenvalue weighted by atomic mass is 9.72. The molecule has 1 aromatic heterocycles. The molecule has 3 atom stereocenters. The SMILES string of the molecule is CC(NC(=O)C1CCCN1C(=O)C(c1cc(N2CC3(CCNCC3)C2)no1)C(C)C)c1ccc(-c2c(F)cc(F)cc2F)cc1. The zero-order valence-corrected chi connectivity index (χ0v) is 25.9. The molecule has 3 saturated heterocycles. The van der Waals surface area contributed by atoms with E-state index >= 15 is 0 Å². The van der Waals surface area contributed by atoms with E-state index in [1.54, 1.807) is 17.0 Å². The normalized spacial score (nSPS) is 20.7. The predicted molar refractivity (Wildman–Crippen MR) is 164 cm³/mol. The molecule has 11 heteroatoms. The van der Waals surface area contributed by atoms with Crippen LogP contribution in [0.3, 0.4) is 0 Å². The van der Waals surface area contributed by atoms with Gasteiger partial charge in [-0.1, -0.05) is 43.3 Å². The number of anilines is 1. The number of aromatic nitrogens is 1. The third kappa shape index (κ3) is 6.19. The smallest absolute Gasteiger partial charge is 0.243 e. The van der Waals surface area contributed by atoms with E-state index < -0.39 is 35.5 Å². The van der Waals surface area contributed by atoms with Gasteiger partial charge in [0.15, 0.2) is 11.6 Å². The number of benzene rings is 2. The minimum absolute atomic E-state index is 0.0667. The van der Waals surface area contributed by atoms with E-state index in [1.165, 1.54) is 12.1 Å². The van der Waals surface area contributed by atoms with E-state index in [4.69, 9.17) is 4.52 Å². The van der Waals surface area contributed by atoms with Crippen molar-refractivity contribution in [1.29, 1.82) is 0 Å². The van der Waals surface area contributed by atoms with Gasteiger partial charge in [-0.25, -0.2) is 13.2 Å². The fraction of sp³-hybridized carbons (Fsp3) is 0.500. The summed E-state index contributed by atoms with van der Waals surface area (Å²) in [5.74, 6) is -2.72. The molecule has 3 fully saturated rings. The van der Waals surface area contributed by atoms with Crippen molar-refractivity contribution in [3.05, 3.63) is 71.2 Å². The van der Waals surface area contributed by atoms with Crippen LogP contribution in [0, 0.1) is 28.8 Å². The lowest BCUT2D eigenvalue weighted by Crippen LogP contribution is -2.60. The van der Waals surface area contributed by atoms with Gasteiger partial charge in [0.2, 0.25) is 11.8 Å². The van der Waals surface area contributed by atoms with Crippen molar-refractivity contribution in [1.82, 2.24) is 20.7 Å². The maximum atomic E-state index is 14.3. The summed E-state index contributed by atoms with van der Waals surface area (Å²) in [7, 11) is 0. The van der Waals surface area contributed by atoms with E-state index in [0.717, 1.165) is 50.4 Å². The minimum Gasteiger partial charge on any atom is -0.358 e. The molecule has 0 saturated carbocycles. The molecule has 3 aliphatic rings. The van der Waals surface area contributed by atoms with Gasteiger partial charge in [-0.15, -0.1) is 0 Å². The fourth-order valence-electron chi connectivity index (χ4n) is 7.14. The highest BCUT2D eigenvalue weighted by molar-refractivity contribution is 5.91. The van der Waals surface area contributed by atoms with Crippen LogP contribution >= 0.6 is 0 Å². The molecule has 2 amide bonds. The first-order chi connectivity index (χ1) is 21.5. The van der Waals surface area contributed by atoms with Crippen LogP contribution in [-0.4, -0.2) is 60.6 Å². The van der Waals surface area contributed by atoms with Crippen LogP contribution in [0.1, 0.15) is 69.7 Å². The maximum Gasteiger partial charge on any atom is 0.243 e. The molecule has 45 heavy (non-hydrogen) atoms. The Morgan fingerprint density at radius 3 is 2.33 bits per heavy atom. The van der Waals surface area contributed by atoms with Crippen LogP contribution in [0.15, 0.2) is 47.0 Å². The molecule has 2 aromatic carbocycles. The number of nitrogens with one attached hydrogen (secondary N) is 2. The molecule has 0 aliphatic carbocycles. The van der Waals surface area contributed by atoms with Crippen LogP contribution < -0.4 is 15.5 Å². The Morgan fingerprint density at radius 2 is 1.69 bits per heavy atom. The number of amides is 2. The summed E-state index contributed by atoms with van der Waals surface area (Å²) in [6.07, 6.45) is 3.56. The number of rotatable bonds is 8. The van der Waals surface area contributed by atoms with Crippen LogP contribution in [0.5, 0.6) is 0 Å². The van der Waals surface area contributed by atoms with E-state index in [2.05, 4.69) is 20.7 Å². The maximum absolute atomic E-state index is 14.3. The van der Waals surface area contributed by atoms with Crippen molar-refractivity contribution < 1.29 is 27.3 Å². The quantitative estimate of drug-likeness (QED) is 0.342. The summed E-state index contributed by atoms with van der Waals surface area (Å²) in [6, 6.07) is 8.53. The van der Waals surface area contributed by atoms with Crippen molar-refractivity contribution in [2.75, 3.05) is 37.6 Å². The van der Waals surface area contributed by atoms with Crippen molar-refractivity contribution >= 4 is 17.6 Å². The molecule has 4 heterocycles. The van der Waals surface area contributed by atoms with Gasteiger partial charge in [-0.2, -0.15) is 0 Å². The van der Waals surface area contributed by atoms with Gasteiger partial charge >= 0.3 is 0 Å². The average Bonchev–Trinajstić information content (AvgIpc) is 3.67. The third-order valence-corrected chi connectivity index (χ3v) is 9.70. The van der Waals surface area contributed by atoms with Gasteiger partial charge < -0.3 is 25.0 Å². The first kappa shape index (κ1) is 31.1. The number of hydrogen-bond acceptors (Lipinski definition) is 6. The molecular weight excluding hydrogens is 583 g/mol. The Hall–Kier alpha value is -3.86. The molecule has 0 bridgehead atoms.